The molecule has 1 aromatic carbocycles. The Bertz CT molecular complexity index is 1150. The number of pyridine rings is 1. The van der Waals surface area contributed by atoms with Crippen LogP contribution in [0.25, 0.3) is 5.70 Å². The minimum atomic E-state index is -0.0358. The lowest BCUT2D eigenvalue weighted by Gasteiger charge is -2.43. The third-order valence-corrected chi connectivity index (χ3v) is 7.46. The fourth-order valence-electron chi connectivity index (χ4n) is 6.13. The first-order valence-electron chi connectivity index (χ1n) is 11.6. The zero-order valence-electron chi connectivity index (χ0n) is 19.3. The SMILES string of the molecule is CC1=NC2=C(C(C)Cc3c(C4C=CC=CC4C)cc(C)nc32)C(C)(c2ccccc2)C1. The molecule has 0 saturated carbocycles. The van der Waals surface area contributed by atoms with Crippen molar-refractivity contribution in [1.29, 1.82) is 0 Å². The summed E-state index contributed by atoms with van der Waals surface area (Å²) in [5.74, 6) is 1.34. The van der Waals surface area contributed by atoms with Gasteiger partial charge in [0.1, 0.15) is 0 Å². The molecule has 2 nitrogen and oxygen atoms in total. The summed E-state index contributed by atoms with van der Waals surface area (Å²) < 4.78 is 0. The molecule has 31 heavy (non-hydrogen) atoms. The van der Waals surface area contributed by atoms with E-state index in [1.54, 1.807) is 0 Å². The topological polar surface area (TPSA) is 25.2 Å². The van der Waals surface area contributed by atoms with Gasteiger partial charge in [-0.15, -0.1) is 0 Å². The standard InChI is InChI=1S/C29H32N2/c1-18-11-9-10-14-23(18)24-16-20(3)30-27-25(24)15-19(2)26-28(27)31-21(4)17-29(26,5)22-12-7-6-8-13-22/h6-14,16,18-19,23H,15,17H2,1-5H3. The number of aromatic nitrogens is 1. The average Bonchev–Trinajstić information content (AvgIpc) is 2.74. The maximum Gasteiger partial charge on any atom is 0.0924 e. The Labute approximate surface area is 186 Å². The smallest absolute Gasteiger partial charge is 0.0924 e. The predicted octanol–water partition coefficient (Wildman–Crippen LogP) is 6.96. The van der Waals surface area contributed by atoms with Crippen molar-refractivity contribution in [3.63, 3.8) is 0 Å². The normalized spacial score (nSPS) is 29.5. The number of nitrogens with zero attached hydrogens (tertiary/aromatic N) is 2. The zero-order valence-corrected chi connectivity index (χ0v) is 19.3. The summed E-state index contributed by atoms with van der Waals surface area (Å²) in [4.78, 5) is 10.3. The van der Waals surface area contributed by atoms with Gasteiger partial charge in [-0.1, -0.05) is 75.4 Å². The molecule has 0 saturated heterocycles. The molecule has 4 unspecified atom stereocenters. The van der Waals surface area contributed by atoms with E-state index >= 15 is 0 Å². The Morgan fingerprint density at radius 2 is 1.74 bits per heavy atom. The van der Waals surface area contributed by atoms with Crippen LogP contribution in [0, 0.1) is 18.8 Å². The summed E-state index contributed by atoms with van der Waals surface area (Å²) in [5.41, 5.74) is 10.2. The third-order valence-electron chi connectivity index (χ3n) is 7.46. The van der Waals surface area contributed by atoms with Crippen LogP contribution in [0.4, 0.5) is 0 Å². The highest BCUT2D eigenvalue weighted by molar-refractivity contribution is 5.94. The number of rotatable bonds is 2. The van der Waals surface area contributed by atoms with Crippen LogP contribution in [0.2, 0.25) is 0 Å². The number of aryl methyl sites for hydroxylation is 1. The summed E-state index contributed by atoms with van der Waals surface area (Å²) in [7, 11) is 0. The second-order valence-corrected chi connectivity index (χ2v) is 9.92. The number of benzene rings is 1. The average molecular weight is 409 g/mol. The summed E-state index contributed by atoms with van der Waals surface area (Å²) >= 11 is 0. The van der Waals surface area contributed by atoms with Crippen LogP contribution < -0.4 is 0 Å². The fourth-order valence-corrected chi connectivity index (χ4v) is 6.13. The molecule has 0 N–H and O–H groups in total. The second-order valence-electron chi connectivity index (χ2n) is 9.92. The molecule has 3 aliphatic rings. The van der Waals surface area contributed by atoms with Gasteiger partial charge in [0.25, 0.3) is 0 Å². The third kappa shape index (κ3) is 3.24. The Morgan fingerprint density at radius 1 is 1.00 bits per heavy atom. The van der Waals surface area contributed by atoms with Crippen LogP contribution in [-0.2, 0) is 11.8 Å². The van der Waals surface area contributed by atoms with Crippen molar-refractivity contribution >= 4 is 11.4 Å². The monoisotopic (exact) mass is 408 g/mol. The quantitative estimate of drug-likeness (QED) is 0.527. The zero-order chi connectivity index (χ0) is 21.8. The first-order valence-corrected chi connectivity index (χ1v) is 11.6. The van der Waals surface area contributed by atoms with Gasteiger partial charge in [-0.25, -0.2) is 0 Å². The molecule has 2 aliphatic carbocycles. The molecule has 0 bridgehead atoms. The summed E-state index contributed by atoms with van der Waals surface area (Å²) in [6.45, 7) is 11.4. The van der Waals surface area contributed by atoms with Crippen molar-refractivity contribution < 1.29 is 0 Å². The lowest BCUT2D eigenvalue weighted by Crippen LogP contribution is -2.37. The molecule has 1 aliphatic heterocycles. The second kappa shape index (κ2) is 7.44. The molecule has 2 aromatic rings. The molecule has 0 radical (unpaired) electrons. The van der Waals surface area contributed by atoms with Gasteiger partial charge in [-0.2, -0.15) is 0 Å². The minimum absolute atomic E-state index is 0.0358. The van der Waals surface area contributed by atoms with Crippen LogP contribution >= 0.6 is 0 Å². The van der Waals surface area contributed by atoms with Crippen LogP contribution in [0.5, 0.6) is 0 Å². The number of hydrogen-bond donors (Lipinski definition) is 0. The van der Waals surface area contributed by atoms with Gasteiger partial charge in [0.05, 0.1) is 11.4 Å². The number of hydrogen-bond acceptors (Lipinski definition) is 2. The van der Waals surface area contributed by atoms with Gasteiger partial charge >= 0.3 is 0 Å². The van der Waals surface area contributed by atoms with E-state index in [9.17, 15) is 0 Å². The van der Waals surface area contributed by atoms with Gasteiger partial charge in [-0.05, 0) is 66.9 Å². The molecule has 0 spiro atoms. The van der Waals surface area contributed by atoms with E-state index in [-0.39, 0.29) is 5.41 Å². The van der Waals surface area contributed by atoms with Crippen LogP contribution in [0.15, 0.2) is 71.3 Å². The van der Waals surface area contributed by atoms with E-state index in [0.717, 1.165) is 29.9 Å². The van der Waals surface area contributed by atoms with Crippen molar-refractivity contribution in [2.75, 3.05) is 0 Å². The molecule has 0 fully saturated rings. The number of fused-ring (bicyclic) bond motifs is 2. The van der Waals surface area contributed by atoms with E-state index in [2.05, 4.69) is 95.3 Å². The van der Waals surface area contributed by atoms with Gasteiger partial charge in [-0.3, -0.25) is 9.98 Å². The molecular weight excluding hydrogens is 376 g/mol. The van der Waals surface area contributed by atoms with Crippen LogP contribution in [-0.4, -0.2) is 10.7 Å². The molecule has 2 heterocycles. The van der Waals surface area contributed by atoms with Gasteiger partial charge in [0, 0.05) is 22.7 Å². The Hall–Kier alpha value is -2.74. The highest BCUT2D eigenvalue weighted by Gasteiger charge is 2.43. The highest BCUT2D eigenvalue weighted by Crippen LogP contribution is 2.51. The molecule has 158 valence electrons. The molecular formula is C29H32N2. The Kier molecular flexibility index (Phi) is 4.84. The summed E-state index contributed by atoms with van der Waals surface area (Å²) in [6.07, 6.45) is 11.1. The first-order chi connectivity index (χ1) is 14.9. The molecule has 1 aromatic heterocycles. The van der Waals surface area contributed by atoms with Crippen molar-refractivity contribution in [3.05, 3.63) is 94.4 Å². The summed E-state index contributed by atoms with van der Waals surface area (Å²) in [6, 6.07) is 13.3. The van der Waals surface area contributed by atoms with Crippen molar-refractivity contribution in [3.8, 4) is 0 Å². The molecule has 2 heteroatoms. The lowest BCUT2D eigenvalue weighted by molar-refractivity contribution is 0.477. The van der Waals surface area contributed by atoms with Crippen LogP contribution in [0.1, 0.15) is 68.1 Å². The Balaban J connectivity index is 1.74. The number of aliphatic imine (C=N–C) groups is 1. The van der Waals surface area contributed by atoms with Crippen molar-refractivity contribution in [1.82, 2.24) is 4.98 Å². The van der Waals surface area contributed by atoms with Gasteiger partial charge < -0.3 is 0 Å². The highest BCUT2D eigenvalue weighted by atomic mass is 14.9. The van der Waals surface area contributed by atoms with E-state index in [1.807, 2.05) is 0 Å². The van der Waals surface area contributed by atoms with Gasteiger partial charge in [0.15, 0.2) is 0 Å². The summed E-state index contributed by atoms with van der Waals surface area (Å²) in [5, 5.41) is 0. The maximum atomic E-state index is 5.17. The predicted molar refractivity (Wildman–Crippen MR) is 130 cm³/mol. The van der Waals surface area contributed by atoms with E-state index < -0.39 is 0 Å². The van der Waals surface area contributed by atoms with Crippen molar-refractivity contribution in [2.45, 2.75) is 58.8 Å². The first kappa shape index (κ1) is 20.2. The fraction of sp³-hybridized carbons (Fsp3) is 0.379. The number of allylic oxidation sites excluding steroid dienone is 5. The van der Waals surface area contributed by atoms with Gasteiger partial charge in [0.2, 0.25) is 0 Å². The van der Waals surface area contributed by atoms with Crippen molar-refractivity contribution in [2.24, 2.45) is 16.8 Å². The molecule has 0 amide bonds. The molecule has 5 rings (SSSR count). The Morgan fingerprint density at radius 3 is 2.48 bits per heavy atom. The van der Waals surface area contributed by atoms with E-state index in [4.69, 9.17) is 9.98 Å². The maximum absolute atomic E-state index is 5.17. The van der Waals surface area contributed by atoms with Crippen LogP contribution in [0.3, 0.4) is 0 Å². The minimum Gasteiger partial charge on any atom is -0.256 e. The van der Waals surface area contributed by atoms with E-state index in [1.165, 1.54) is 28.0 Å². The van der Waals surface area contributed by atoms with E-state index in [0.29, 0.717) is 17.8 Å². The molecule has 4 atom stereocenters. The lowest BCUT2D eigenvalue weighted by atomic mass is 9.63. The largest absolute Gasteiger partial charge is 0.256 e.